The molecule has 0 radical (unpaired) electrons. The number of guanidine groups is 1. The quantitative estimate of drug-likeness (QED) is 0.407. The number of hydrogen-bond acceptors (Lipinski definition) is 5. The van der Waals surface area contributed by atoms with Crippen LogP contribution >= 0.6 is 24.0 Å². The first-order valence-electron chi connectivity index (χ1n) is 9.36. The zero-order valence-electron chi connectivity index (χ0n) is 15.7. The van der Waals surface area contributed by atoms with E-state index in [4.69, 9.17) is 4.98 Å². The van der Waals surface area contributed by atoms with E-state index in [1.54, 1.807) is 12.4 Å². The minimum Gasteiger partial charge on any atom is -0.351 e. The van der Waals surface area contributed by atoms with Crippen molar-refractivity contribution >= 4 is 35.9 Å². The molecule has 146 valence electrons. The molecule has 1 saturated heterocycles. The van der Waals surface area contributed by atoms with Crippen LogP contribution in [0, 0.1) is 0 Å². The van der Waals surface area contributed by atoms with Gasteiger partial charge in [-0.25, -0.2) is 15.0 Å². The lowest BCUT2D eigenvalue weighted by Gasteiger charge is -2.36. The number of hydrogen-bond donors (Lipinski definition) is 1. The predicted molar refractivity (Wildman–Crippen MR) is 117 cm³/mol. The maximum Gasteiger partial charge on any atom is 0.225 e. The number of aromatic nitrogens is 4. The fraction of sp³-hybridized carbons (Fsp3) is 0.556. The van der Waals surface area contributed by atoms with Crippen LogP contribution in [0.15, 0.2) is 29.6 Å². The van der Waals surface area contributed by atoms with Gasteiger partial charge in [0.25, 0.3) is 0 Å². The van der Waals surface area contributed by atoms with Gasteiger partial charge in [0, 0.05) is 64.8 Å². The van der Waals surface area contributed by atoms with Crippen LogP contribution in [-0.2, 0) is 19.5 Å². The van der Waals surface area contributed by atoms with Gasteiger partial charge in [-0.2, -0.15) is 0 Å². The van der Waals surface area contributed by atoms with Gasteiger partial charge in [0.15, 0.2) is 5.96 Å². The summed E-state index contributed by atoms with van der Waals surface area (Å²) >= 11 is 0. The molecule has 2 aromatic rings. The van der Waals surface area contributed by atoms with Crippen molar-refractivity contribution in [3.05, 3.63) is 36.2 Å². The van der Waals surface area contributed by atoms with Gasteiger partial charge in [-0.1, -0.05) is 0 Å². The Labute approximate surface area is 177 Å². The molecular formula is C18H27IN8. The Morgan fingerprint density at radius 3 is 2.59 bits per heavy atom. The fourth-order valence-corrected chi connectivity index (χ4v) is 3.63. The van der Waals surface area contributed by atoms with Crippen LogP contribution in [0.5, 0.6) is 0 Å². The first kappa shape index (κ1) is 19.8. The third kappa shape index (κ3) is 4.69. The summed E-state index contributed by atoms with van der Waals surface area (Å²) < 4.78 is 2.29. The maximum absolute atomic E-state index is 4.76. The summed E-state index contributed by atoms with van der Waals surface area (Å²) in [6.45, 7) is 5.40. The zero-order valence-corrected chi connectivity index (χ0v) is 18.0. The Hall–Kier alpha value is -1.91. The van der Waals surface area contributed by atoms with Crippen LogP contribution in [0.4, 0.5) is 5.95 Å². The summed E-state index contributed by atoms with van der Waals surface area (Å²) in [5, 5.41) is 3.47. The van der Waals surface area contributed by atoms with Gasteiger partial charge in [0.2, 0.25) is 5.95 Å². The molecule has 0 unspecified atom stereocenters. The second-order valence-corrected chi connectivity index (χ2v) is 6.72. The first-order chi connectivity index (χ1) is 12.8. The lowest BCUT2D eigenvalue weighted by atomic mass is 10.2. The highest BCUT2D eigenvalue weighted by molar-refractivity contribution is 14.0. The lowest BCUT2D eigenvalue weighted by molar-refractivity contribution is 0.370. The average Bonchev–Trinajstić information content (AvgIpc) is 3.12. The van der Waals surface area contributed by atoms with Crippen molar-refractivity contribution in [1.29, 1.82) is 0 Å². The molecule has 8 nitrogen and oxygen atoms in total. The number of rotatable bonds is 3. The van der Waals surface area contributed by atoms with Gasteiger partial charge in [-0.05, 0) is 18.9 Å². The van der Waals surface area contributed by atoms with Crippen molar-refractivity contribution in [2.45, 2.75) is 32.4 Å². The van der Waals surface area contributed by atoms with Crippen LogP contribution in [0.3, 0.4) is 0 Å². The average molecular weight is 482 g/mol. The largest absolute Gasteiger partial charge is 0.351 e. The van der Waals surface area contributed by atoms with E-state index < -0.39 is 0 Å². The van der Waals surface area contributed by atoms with Gasteiger partial charge in [0.1, 0.15) is 5.82 Å². The summed E-state index contributed by atoms with van der Waals surface area (Å²) in [6, 6.07) is 1.85. The van der Waals surface area contributed by atoms with Crippen molar-refractivity contribution in [2.24, 2.45) is 4.99 Å². The van der Waals surface area contributed by atoms with Crippen LogP contribution in [0.1, 0.15) is 24.4 Å². The molecule has 0 aliphatic carbocycles. The first-order valence-corrected chi connectivity index (χ1v) is 9.36. The van der Waals surface area contributed by atoms with Crippen LogP contribution in [0.25, 0.3) is 0 Å². The lowest BCUT2D eigenvalue weighted by Crippen LogP contribution is -2.52. The van der Waals surface area contributed by atoms with E-state index in [1.165, 1.54) is 18.7 Å². The molecule has 1 fully saturated rings. The number of piperazine rings is 1. The van der Waals surface area contributed by atoms with Crippen molar-refractivity contribution in [3.8, 4) is 0 Å². The third-order valence-corrected chi connectivity index (χ3v) is 5.01. The predicted octanol–water partition coefficient (Wildman–Crippen LogP) is 1.52. The molecule has 0 bridgehead atoms. The Bertz CT molecular complexity index is 728. The topological polar surface area (TPSA) is 74.5 Å². The summed E-state index contributed by atoms with van der Waals surface area (Å²) in [5.41, 5.74) is 1.10. The molecule has 0 amide bonds. The van der Waals surface area contributed by atoms with Crippen molar-refractivity contribution in [3.63, 3.8) is 0 Å². The van der Waals surface area contributed by atoms with Gasteiger partial charge in [0.05, 0.1) is 12.2 Å². The Morgan fingerprint density at radius 2 is 1.89 bits per heavy atom. The molecule has 1 N–H and O–H groups in total. The molecule has 2 aromatic heterocycles. The van der Waals surface area contributed by atoms with Gasteiger partial charge < -0.3 is 19.7 Å². The number of imidazole rings is 1. The van der Waals surface area contributed by atoms with Crippen LogP contribution in [0.2, 0.25) is 0 Å². The van der Waals surface area contributed by atoms with E-state index in [1.807, 2.05) is 13.1 Å². The van der Waals surface area contributed by atoms with E-state index in [2.05, 4.69) is 40.8 Å². The van der Waals surface area contributed by atoms with E-state index >= 15 is 0 Å². The summed E-state index contributed by atoms with van der Waals surface area (Å²) in [7, 11) is 1.84. The molecule has 0 atom stereocenters. The summed E-state index contributed by atoms with van der Waals surface area (Å²) in [6.07, 6.45) is 9.37. The number of aliphatic imine (C=N–C) groups is 1. The molecule has 0 spiro atoms. The molecule has 27 heavy (non-hydrogen) atoms. The van der Waals surface area contributed by atoms with E-state index in [9.17, 15) is 0 Å². The van der Waals surface area contributed by atoms with E-state index in [0.717, 1.165) is 56.7 Å². The fourth-order valence-electron chi connectivity index (χ4n) is 3.63. The molecule has 2 aliphatic rings. The van der Waals surface area contributed by atoms with Crippen molar-refractivity contribution < 1.29 is 0 Å². The SMILES string of the molecule is CN=C(NCc1cn2c(n1)CCCC2)N1CCN(c2ncccn2)CC1.I. The maximum atomic E-state index is 4.76. The Morgan fingerprint density at radius 1 is 1.11 bits per heavy atom. The highest BCUT2D eigenvalue weighted by atomic mass is 127. The molecule has 9 heteroatoms. The summed E-state index contributed by atoms with van der Waals surface area (Å²) in [4.78, 5) is 22.4. The van der Waals surface area contributed by atoms with Gasteiger partial charge in [-0.3, -0.25) is 4.99 Å². The molecule has 4 rings (SSSR count). The number of nitrogens with zero attached hydrogens (tertiary/aromatic N) is 7. The Balaban J connectivity index is 0.00000210. The van der Waals surface area contributed by atoms with Gasteiger partial charge >= 0.3 is 0 Å². The molecule has 4 heterocycles. The number of aryl methyl sites for hydroxylation is 2. The van der Waals surface area contributed by atoms with Crippen LogP contribution < -0.4 is 10.2 Å². The second kappa shape index (κ2) is 9.34. The smallest absolute Gasteiger partial charge is 0.225 e. The second-order valence-electron chi connectivity index (χ2n) is 6.72. The number of halogens is 1. The normalized spacial score (nSPS) is 17.3. The number of anilines is 1. The third-order valence-electron chi connectivity index (χ3n) is 5.01. The Kier molecular flexibility index (Phi) is 6.86. The van der Waals surface area contributed by atoms with Crippen molar-refractivity contribution in [1.82, 2.24) is 29.7 Å². The van der Waals surface area contributed by atoms with Crippen LogP contribution in [-0.4, -0.2) is 63.6 Å². The van der Waals surface area contributed by atoms with E-state index in [-0.39, 0.29) is 24.0 Å². The molecule has 2 aliphatic heterocycles. The monoisotopic (exact) mass is 482 g/mol. The molecule has 0 saturated carbocycles. The number of fused-ring (bicyclic) bond motifs is 1. The highest BCUT2D eigenvalue weighted by Crippen LogP contribution is 2.14. The standard InChI is InChI=1S/C18H26N8.HI/c1-19-17(22-13-15-14-26-8-3-2-5-16(26)23-15)24-9-11-25(12-10-24)18-20-6-4-7-21-18;/h4,6-7,14H,2-3,5,8-13H2,1H3,(H,19,22);1H. The summed E-state index contributed by atoms with van der Waals surface area (Å²) in [5.74, 6) is 2.96. The highest BCUT2D eigenvalue weighted by Gasteiger charge is 2.21. The van der Waals surface area contributed by atoms with Crippen molar-refractivity contribution in [2.75, 3.05) is 38.1 Å². The van der Waals surface area contributed by atoms with Gasteiger partial charge in [-0.15, -0.1) is 24.0 Å². The molecular weight excluding hydrogens is 455 g/mol. The zero-order chi connectivity index (χ0) is 17.8. The molecule has 0 aromatic carbocycles. The minimum atomic E-state index is 0. The number of nitrogens with one attached hydrogen (secondary N) is 1. The van der Waals surface area contributed by atoms with E-state index in [0.29, 0.717) is 6.54 Å². The minimum absolute atomic E-state index is 0.